The topological polar surface area (TPSA) is 64.6 Å². The number of carbonyl (C=O) groups excluding carboxylic acids is 2. The molecule has 0 saturated heterocycles. The summed E-state index contributed by atoms with van der Waals surface area (Å²) < 4.78 is 10.6. The van der Waals surface area contributed by atoms with E-state index in [2.05, 4.69) is 29.6 Å². The van der Waals surface area contributed by atoms with Crippen molar-refractivity contribution < 1.29 is 19.1 Å². The van der Waals surface area contributed by atoms with Crippen molar-refractivity contribution in [2.75, 3.05) is 13.7 Å². The number of fused-ring (bicyclic) bond motifs is 3. The second kappa shape index (κ2) is 7.21. The predicted molar refractivity (Wildman–Crippen MR) is 111 cm³/mol. The molecular weight excluding hydrogens is 366 g/mol. The molecule has 1 fully saturated rings. The Morgan fingerprint density at radius 3 is 2.03 bits per heavy atom. The quantitative estimate of drug-likeness (QED) is 0.726. The molecule has 4 rings (SSSR count). The van der Waals surface area contributed by atoms with Crippen LogP contribution >= 0.6 is 0 Å². The van der Waals surface area contributed by atoms with E-state index in [1.54, 1.807) is 0 Å². The minimum atomic E-state index is -0.978. The SMILES string of the molecule is CCC1(CC)C[C@@]1(NC(=O)OCC1c2ccccc2-c2ccccc21)C(=O)OC. The monoisotopic (exact) mass is 393 g/mol. The molecule has 0 aliphatic heterocycles. The first kappa shape index (κ1) is 19.5. The lowest BCUT2D eigenvalue weighted by Crippen LogP contribution is -2.48. The van der Waals surface area contributed by atoms with Crippen LogP contribution in [0.3, 0.4) is 0 Å². The van der Waals surface area contributed by atoms with Crippen LogP contribution in [0.5, 0.6) is 0 Å². The Hall–Kier alpha value is -2.82. The molecule has 1 saturated carbocycles. The van der Waals surface area contributed by atoms with E-state index in [0.29, 0.717) is 6.42 Å². The van der Waals surface area contributed by atoms with Gasteiger partial charge in [-0.05, 0) is 41.5 Å². The maximum atomic E-state index is 12.7. The Kier molecular flexibility index (Phi) is 4.85. The van der Waals surface area contributed by atoms with E-state index in [9.17, 15) is 9.59 Å². The van der Waals surface area contributed by atoms with Crippen LogP contribution in [0.25, 0.3) is 11.1 Å². The lowest BCUT2D eigenvalue weighted by Gasteiger charge is -2.23. The number of hydrogen-bond donors (Lipinski definition) is 1. The number of ether oxygens (including phenoxy) is 2. The number of alkyl carbamates (subject to hydrolysis) is 1. The largest absolute Gasteiger partial charge is 0.467 e. The minimum Gasteiger partial charge on any atom is -0.467 e. The highest BCUT2D eigenvalue weighted by atomic mass is 16.6. The zero-order chi connectivity index (χ0) is 20.6. The summed E-state index contributed by atoms with van der Waals surface area (Å²) in [4.78, 5) is 25.1. The molecule has 0 aromatic heterocycles. The fourth-order valence-corrected chi connectivity index (χ4v) is 5.07. The molecule has 2 aliphatic carbocycles. The van der Waals surface area contributed by atoms with Crippen LogP contribution in [0.15, 0.2) is 48.5 Å². The Morgan fingerprint density at radius 1 is 1.00 bits per heavy atom. The number of hydrogen-bond acceptors (Lipinski definition) is 4. The summed E-state index contributed by atoms with van der Waals surface area (Å²) in [6.07, 6.45) is 1.61. The summed E-state index contributed by atoms with van der Waals surface area (Å²) in [7, 11) is 1.36. The Bertz CT molecular complexity index is 904. The molecule has 0 bridgehead atoms. The van der Waals surface area contributed by atoms with Gasteiger partial charge in [-0.2, -0.15) is 0 Å². The van der Waals surface area contributed by atoms with Crippen LogP contribution in [0.1, 0.15) is 50.2 Å². The van der Waals surface area contributed by atoms with Gasteiger partial charge in [0.1, 0.15) is 12.1 Å². The van der Waals surface area contributed by atoms with Crippen molar-refractivity contribution in [3.8, 4) is 11.1 Å². The van der Waals surface area contributed by atoms with Crippen LogP contribution < -0.4 is 5.32 Å². The highest BCUT2D eigenvalue weighted by molar-refractivity contribution is 5.91. The maximum absolute atomic E-state index is 12.7. The molecule has 2 aromatic rings. The molecule has 1 amide bonds. The first-order valence-electron chi connectivity index (χ1n) is 10.2. The van der Waals surface area contributed by atoms with Gasteiger partial charge in [-0.1, -0.05) is 62.4 Å². The fraction of sp³-hybridized carbons (Fsp3) is 0.417. The third kappa shape index (κ3) is 2.91. The van der Waals surface area contributed by atoms with Crippen molar-refractivity contribution >= 4 is 12.1 Å². The van der Waals surface area contributed by atoms with Crippen molar-refractivity contribution in [2.45, 2.75) is 44.6 Å². The van der Waals surface area contributed by atoms with E-state index in [4.69, 9.17) is 9.47 Å². The van der Waals surface area contributed by atoms with Crippen LogP contribution in [0, 0.1) is 5.41 Å². The molecule has 0 radical (unpaired) electrons. The summed E-state index contributed by atoms with van der Waals surface area (Å²) in [5, 5.41) is 2.85. The van der Waals surface area contributed by atoms with E-state index in [1.165, 1.54) is 18.2 Å². The van der Waals surface area contributed by atoms with Crippen LogP contribution in [-0.2, 0) is 14.3 Å². The number of methoxy groups -OCH3 is 1. The van der Waals surface area contributed by atoms with E-state index in [0.717, 1.165) is 24.0 Å². The van der Waals surface area contributed by atoms with Gasteiger partial charge in [0, 0.05) is 11.3 Å². The van der Waals surface area contributed by atoms with Gasteiger partial charge in [-0.25, -0.2) is 9.59 Å². The Balaban J connectivity index is 1.50. The number of rotatable bonds is 6. The summed E-state index contributed by atoms with van der Waals surface area (Å²) in [5.41, 5.74) is 3.45. The summed E-state index contributed by atoms with van der Waals surface area (Å²) in [5.74, 6) is -0.404. The van der Waals surface area contributed by atoms with Crippen LogP contribution in [0.2, 0.25) is 0 Å². The maximum Gasteiger partial charge on any atom is 0.408 e. The molecule has 1 N–H and O–H groups in total. The van der Waals surface area contributed by atoms with Gasteiger partial charge in [0.05, 0.1) is 7.11 Å². The molecular formula is C24H27NO4. The molecule has 0 heterocycles. The van der Waals surface area contributed by atoms with Gasteiger partial charge in [0.2, 0.25) is 0 Å². The van der Waals surface area contributed by atoms with E-state index >= 15 is 0 Å². The van der Waals surface area contributed by atoms with Crippen molar-refractivity contribution in [1.29, 1.82) is 0 Å². The number of benzene rings is 2. The summed E-state index contributed by atoms with van der Waals surface area (Å²) >= 11 is 0. The van der Waals surface area contributed by atoms with E-state index in [1.807, 2.05) is 38.1 Å². The van der Waals surface area contributed by atoms with Crippen molar-refractivity contribution in [3.63, 3.8) is 0 Å². The predicted octanol–water partition coefficient (Wildman–Crippen LogP) is 4.65. The third-order valence-electron chi connectivity index (χ3n) is 6.93. The second-order valence-corrected chi connectivity index (χ2v) is 8.01. The molecule has 1 atom stereocenters. The van der Waals surface area contributed by atoms with Crippen LogP contribution in [0.4, 0.5) is 4.79 Å². The summed E-state index contributed by atoms with van der Waals surface area (Å²) in [6, 6.07) is 16.4. The first-order chi connectivity index (χ1) is 14.0. The van der Waals surface area contributed by atoms with Gasteiger partial charge in [-0.15, -0.1) is 0 Å². The molecule has 0 spiro atoms. The molecule has 0 unspecified atom stereocenters. The van der Waals surface area contributed by atoms with Gasteiger partial charge in [0.15, 0.2) is 0 Å². The molecule has 5 nitrogen and oxygen atoms in total. The standard InChI is InChI=1S/C24H27NO4/c1-4-23(5-2)15-24(23,21(26)28-3)25-22(27)29-14-20-18-12-8-6-10-16(18)17-11-7-9-13-19(17)20/h6-13,20H,4-5,14-15H2,1-3H3,(H,25,27)/t24-/m1/s1. The summed E-state index contributed by atoms with van der Waals surface area (Å²) in [6.45, 7) is 4.30. The van der Waals surface area contributed by atoms with Gasteiger partial charge >= 0.3 is 12.1 Å². The Morgan fingerprint density at radius 2 is 1.55 bits per heavy atom. The molecule has 152 valence electrons. The van der Waals surface area contributed by atoms with Crippen molar-refractivity contribution in [2.24, 2.45) is 5.41 Å². The average Bonchev–Trinajstić information content (AvgIpc) is 3.31. The van der Waals surface area contributed by atoms with Gasteiger partial charge < -0.3 is 14.8 Å². The van der Waals surface area contributed by atoms with E-state index < -0.39 is 17.6 Å². The zero-order valence-electron chi connectivity index (χ0n) is 17.2. The second-order valence-electron chi connectivity index (χ2n) is 8.01. The fourth-order valence-electron chi connectivity index (χ4n) is 5.07. The number of amides is 1. The highest BCUT2D eigenvalue weighted by Crippen LogP contribution is 2.61. The highest BCUT2D eigenvalue weighted by Gasteiger charge is 2.72. The van der Waals surface area contributed by atoms with Crippen LogP contribution in [-0.4, -0.2) is 31.3 Å². The number of nitrogens with one attached hydrogen (secondary N) is 1. The molecule has 2 aromatic carbocycles. The van der Waals surface area contributed by atoms with Gasteiger partial charge in [0.25, 0.3) is 0 Å². The third-order valence-corrected chi connectivity index (χ3v) is 6.93. The number of esters is 1. The van der Waals surface area contributed by atoms with Crippen molar-refractivity contribution in [1.82, 2.24) is 5.32 Å². The normalized spacial score (nSPS) is 21.1. The molecule has 5 heteroatoms. The minimum absolute atomic E-state index is 0.0106. The van der Waals surface area contributed by atoms with Gasteiger partial charge in [-0.3, -0.25) is 0 Å². The molecule has 2 aliphatic rings. The lowest BCUT2D eigenvalue weighted by atomic mass is 9.93. The van der Waals surface area contributed by atoms with E-state index in [-0.39, 0.29) is 17.9 Å². The number of carbonyl (C=O) groups is 2. The first-order valence-corrected chi connectivity index (χ1v) is 10.2. The zero-order valence-corrected chi connectivity index (χ0v) is 17.2. The Labute approximate surface area is 171 Å². The molecule has 29 heavy (non-hydrogen) atoms. The average molecular weight is 393 g/mol. The smallest absolute Gasteiger partial charge is 0.408 e. The lowest BCUT2D eigenvalue weighted by molar-refractivity contribution is -0.145. The van der Waals surface area contributed by atoms with Crippen molar-refractivity contribution in [3.05, 3.63) is 59.7 Å².